The van der Waals surface area contributed by atoms with E-state index in [2.05, 4.69) is 14.9 Å². The van der Waals surface area contributed by atoms with Crippen molar-refractivity contribution < 1.29 is 14.6 Å². The minimum Gasteiger partial charge on any atom is -0.383 e. The molecule has 2 aliphatic rings. The summed E-state index contributed by atoms with van der Waals surface area (Å²) in [5, 5.41) is 11.0. The third-order valence-corrected chi connectivity index (χ3v) is 5.14. The number of aromatic nitrogens is 2. The molecule has 1 atom stereocenters. The van der Waals surface area contributed by atoms with Crippen LogP contribution in [0, 0.1) is 0 Å². The Labute approximate surface area is 146 Å². The number of hydrogen-bond acceptors (Lipinski definition) is 6. The lowest BCUT2D eigenvalue weighted by Gasteiger charge is -2.40. The summed E-state index contributed by atoms with van der Waals surface area (Å²) in [4.78, 5) is 35.3. The average molecular weight is 350 g/mol. The number of H-pyrrole nitrogens is 1. The number of aromatic amines is 1. The highest BCUT2D eigenvalue weighted by molar-refractivity contribution is 5.86. The second-order valence-corrected chi connectivity index (χ2v) is 6.85. The maximum atomic E-state index is 12.7. The van der Waals surface area contributed by atoms with Crippen LogP contribution >= 0.6 is 0 Å². The molecule has 0 bridgehead atoms. The molecule has 1 aromatic rings. The Balaban J connectivity index is 1.66. The van der Waals surface area contributed by atoms with Crippen molar-refractivity contribution in [3.05, 3.63) is 27.9 Å². The van der Waals surface area contributed by atoms with Gasteiger partial charge in [-0.1, -0.05) is 0 Å². The molecule has 8 nitrogen and oxygen atoms in total. The summed E-state index contributed by atoms with van der Waals surface area (Å²) in [5.74, 6) is -0.214. The molecular formula is C17H26N4O4. The lowest BCUT2D eigenvalue weighted by Crippen LogP contribution is -2.59. The topological polar surface area (TPSA) is 98.8 Å². The number of nitrogens with one attached hydrogen (secondary N) is 1. The maximum Gasteiger partial charge on any atom is 0.255 e. The van der Waals surface area contributed by atoms with E-state index in [0.29, 0.717) is 64.2 Å². The first-order valence-corrected chi connectivity index (χ1v) is 8.82. The van der Waals surface area contributed by atoms with Gasteiger partial charge in [0, 0.05) is 51.8 Å². The molecular weight excluding hydrogens is 324 g/mol. The molecule has 1 unspecified atom stereocenters. The first-order chi connectivity index (χ1) is 12.0. The second kappa shape index (κ2) is 7.63. The van der Waals surface area contributed by atoms with Gasteiger partial charge in [0.05, 0.1) is 18.6 Å². The van der Waals surface area contributed by atoms with E-state index in [0.717, 1.165) is 12.1 Å². The number of fused-ring (bicyclic) bond motifs is 1. The zero-order chi connectivity index (χ0) is 17.9. The van der Waals surface area contributed by atoms with Crippen LogP contribution in [-0.2, 0) is 22.4 Å². The quantitative estimate of drug-likeness (QED) is 0.719. The molecule has 0 radical (unpaired) electrons. The van der Waals surface area contributed by atoms with E-state index in [4.69, 9.17) is 4.74 Å². The van der Waals surface area contributed by atoms with Crippen molar-refractivity contribution in [3.8, 4) is 0 Å². The van der Waals surface area contributed by atoms with Crippen LogP contribution in [0.5, 0.6) is 0 Å². The molecule has 0 saturated carbocycles. The van der Waals surface area contributed by atoms with E-state index in [1.807, 2.05) is 0 Å². The van der Waals surface area contributed by atoms with Gasteiger partial charge in [-0.3, -0.25) is 14.5 Å². The smallest absolute Gasteiger partial charge is 0.255 e. The number of carbonyl (C=O) groups excluding carboxylic acids is 1. The fourth-order valence-electron chi connectivity index (χ4n) is 3.74. The first kappa shape index (κ1) is 18.0. The Morgan fingerprint density at radius 1 is 1.32 bits per heavy atom. The predicted molar refractivity (Wildman–Crippen MR) is 91.3 cm³/mol. The van der Waals surface area contributed by atoms with Crippen LogP contribution in [0.1, 0.15) is 24.1 Å². The molecule has 1 amide bonds. The molecule has 138 valence electrons. The van der Waals surface area contributed by atoms with Gasteiger partial charge in [0.2, 0.25) is 0 Å². The average Bonchev–Trinajstić information content (AvgIpc) is 2.80. The SMILES string of the molecule is COCCN1CCCC(O)(CN2CCc3nc[nH]c(=O)c3CC2)C1=O. The van der Waals surface area contributed by atoms with Gasteiger partial charge in [0.25, 0.3) is 11.5 Å². The number of nitrogens with zero attached hydrogens (tertiary/aromatic N) is 3. The Hall–Kier alpha value is -1.77. The number of hydrogen-bond donors (Lipinski definition) is 2. The summed E-state index contributed by atoms with van der Waals surface area (Å²) in [6, 6.07) is 0. The van der Waals surface area contributed by atoms with E-state index < -0.39 is 5.60 Å². The largest absolute Gasteiger partial charge is 0.383 e. The number of piperidine rings is 1. The summed E-state index contributed by atoms with van der Waals surface area (Å²) in [6.45, 7) is 3.24. The Morgan fingerprint density at radius 3 is 2.92 bits per heavy atom. The number of carbonyl (C=O) groups is 1. The summed E-state index contributed by atoms with van der Waals surface area (Å²) in [7, 11) is 1.60. The molecule has 0 aliphatic carbocycles. The van der Waals surface area contributed by atoms with Gasteiger partial charge < -0.3 is 19.7 Å². The van der Waals surface area contributed by atoms with E-state index in [1.54, 1.807) is 12.0 Å². The van der Waals surface area contributed by atoms with Crippen molar-refractivity contribution in [1.29, 1.82) is 0 Å². The van der Waals surface area contributed by atoms with Gasteiger partial charge in [-0.2, -0.15) is 0 Å². The fourth-order valence-corrected chi connectivity index (χ4v) is 3.74. The summed E-state index contributed by atoms with van der Waals surface area (Å²) >= 11 is 0. The minimum absolute atomic E-state index is 0.0926. The van der Waals surface area contributed by atoms with E-state index in [-0.39, 0.29) is 11.5 Å². The van der Waals surface area contributed by atoms with Crippen molar-refractivity contribution in [3.63, 3.8) is 0 Å². The molecule has 0 aromatic carbocycles. The third kappa shape index (κ3) is 3.91. The molecule has 0 spiro atoms. The molecule has 1 aromatic heterocycles. The highest BCUT2D eigenvalue weighted by Crippen LogP contribution is 2.24. The molecule has 2 aliphatic heterocycles. The van der Waals surface area contributed by atoms with Crippen molar-refractivity contribution >= 4 is 5.91 Å². The molecule has 3 rings (SSSR count). The number of β-amino-alcohol motifs (C(OH)–C–C–N with tert-alkyl or cyclic N) is 1. The van der Waals surface area contributed by atoms with Crippen LogP contribution in [0.3, 0.4) is 0 Å². The Kier molecular flexibility index (Phi) is 5.51. The van der Waals surface area contributed by atoms with E-state index in [1.165, 1.54) is 6.33 Å². The fraction of sp³-hybridized carbons (Fsp3) is 0.706. The molecule has 2 N–H and O–H groups in total. The predicted octanol–water partition coefficient (Wildman–Crippen LogP) is -0.830. The number of methoxy groups -OCH3 is 1. The van der Waals surface area contributed by atoms with Crippen molar-refractivity contribution in [1.82, 2.24) is 19.8 Å². The van der Waals surface area contributed by atoms with Crippen LogP contribution in [0.15, 0.2) is 11.1 Å². The second-order valence-electron chi connectivity index (χ2n) is 6.85. The standard InChI is InChI=1S/C17H26N4O4/c1-25-10-9-21-6-2-5-17(24,16(21)23)11-20-7-3-13-14(4-8-20)18-12-19-15(13)22/h12,24H,2-11H2,1H3,(H,18,19,22). The summed E-state index contributed by atoms with van der Waals surface area (Å²) < 4.78 is 5.05. The molecule has 25 heavy (non-hydrogen) atoms. The molecule has 3 heterocycles. The van der Waals surface area contributed by atoms with Crippen molar-refractivity contribution in [2.75, 3.05) is 46.4 Å². The number of likely N-dealkylation sites (tertiary alicyclic amines) is 1. The molecule has 8 heteroatoms. The van der Waals surface area contributed by atoms with Gasteiger partial charge in [-0.15, -0.1) is 0 Å². The summed E-state index contributed by atoms with van der Waals surface area (Å²) in [6.07, 6.45) is 3.91. The van der Waals surface area contributed by atoms with Gasteiger partial charge >= 0.3 is 0 Å². The maximum absolute atomic E-state index is 12.7. The van der Waals surface area contributed by atoms with Crippen LogP contribution in [0.25, 0.3) is 0 Å². The van der Waals surface area contributed by atoms with Gasteiger partial charge in [-0.05, 0) is 19.3 Å². The number of ether oxygens (including phenoxy) is 1. The highest BCUT2D eigenvalue weighted by atomic mass is 16.5. The minimum atomic E-state index is -1.36. The Morgan fingerprint density at radius 2 is 2.12 bits per heavy atom. The molecule has 1 saturated heterocycles. The molecule has 1 fully saturated rings. The number of amides is 1. The van der Waals surface area contributed by atoms with Crippen LogP contribution in [-0.4, -0.2) is 82.8 Å². The monoisotopic (exact) mass is 350 g/mol. The lowest BCUT2D eigenvalue weighted by molar-refractivity contribution is -0.160. The summed E-state index contributed by atoms with van der Waals surface area (Å²) in [5.41, 5.74) is 0.0798. The van der Waals surface area contributed by atoms with Gasteiger partial charge in [0.1, 0.15) is 0 Å². The zero-order valence-electron chi connectivity index (χ0n) is 14.7. The van der Waals surface area contributed by atoms with Crippen molar-refractivity contribution in [2.45, 2.75) is 31.3 Å². The van der Waals surface area contributed by atoms with E-state index in [9.17, 15) is 14.7 Å². The highest BCUT2D eigenvalue weighted by Gasteiger charge is 2.43. The normalized spacial score (nSPS) is 24.9. The van der Waals surface area contributed by atoms with Crippen LogP contribution in [0.2, 0.25) is 0 Å². The van der Waals surface area contributed by atoms with Crippen LogP contribution < -0.4 is 5.56 Å². The third-order valence-electron chi connectivity index (χ3n) is 5.14. The number of aliphatic hydroxyl groups is 1. The number of rotatable bonds is 5. The van der Waals surface area contributed by atoms with Gasteiger partial charge in [0.15, 0.2) is 5.60 Å². The lowest BCUT2D eigenvalue weighted by atomic mass is 9.91. The zero-order valence-corrected chi connectivity index (χ0v) is 14.7. The van der Waals surface area contributed by atoms with Gasteiger partial charge in [-0.25, -0.2) is 4.98 Å². The van der Waals surface area contributed by atoms with Crippen LogP contribution in [0.4, 0.5) is 0 Å². The van der Waals surface area contributed by atoms with Crippen molar-refractivity contribution in [2.24, 2.45) is 0 Å². The first-order valence-electron chi connectivity index (χ1n) is 8.82. The van der Waals surface area contributed by atoms with E-state index >= 15 is 0 Å². The Bertz CT molecular complexity index is 677.